The van der Waals surface area contributed by atoms with Crippen molar-refractivity contribution in [2.45, 2.75) is 18.6 Å². The van der Waals surface area contributed by atoms with E-state index in [4.69, 9.17) is 9.47 Å². The molecule has 4 heteroatoms. The van der Waals surface area contributed by atoms with Crippen molar-refractivity contribution < 1.29 is 14.6 Å². The zero-order valence-corrected chi connectivity index (χ0v) is 12.6. The molecule has 1 aliphatic heterocycles. The Hall–Kier alpha value is -1.52. The summed E-state index contributed by atoms with van der Waals surface area (Å²) < 4.78 is 12.2. The maximum absolute atomic E-state index is 10.3. The minimum atomic E-state index is -0.511. The number of hydrogen-bond acceptors (Lipinski definition) is 3. The Morgan fingerprint density at radius 1 is 1.25 bits per heavy atom. The second kappa shape index (κ2) is 5.46. The summed E-state index contributed by atoms with van der Waals surface area (Å²) in [5, 5.41) is 10.3. The van der Waals surface area contributed by atoms with Crippen LogP contribution in [0.3, 0.4) is 0 Å². The zero-order chi connectivity index (χ0) is 14.1. The first-order chi connectivity index (χ1) is 9.67. The van der Waals surface area contributed by atoms with E-state index in [1.165, 1.54) is 0 Å². The quantitative estimate of drug-likeness (QED) is 0.901. The van der Waals surface area contributed by atoms with Gasteiger partial charge in [0.25, 0.3) is 0 Å². The monoisotopic (exact) mass is 334 g/mol. The standard InChI is InChI=1S/C16H15BrO3/c1-19-12-4-2-3-10(7-12)15-9-14(18)13-6-5-11(17)8-16(13)20-15/h2-8,14-15,18H,9H2,1H3. The highest BCUT2D eigenvalue weighted by Crippen LogP contribution is 2.42. The van der Waals surface area contributed by atoms with Crippen LogP contribution in [0.1, 0.15) is 29.8 Å². The molecule has 2 aromatic carbocycles. The van der Waals surface area contributed by atoms with Crippen LogP contribution in [0.2, 0.25) is 0 Å². The highest BCUT2D eigenvalue weighted by molar-refractivity contribution is 9.10. The average molecular weight is 335 g/mol. The van der Waals surface area contributed by atoms with Crippen LogP contribution in [-0.4, -0.2) is 12.2 Å². The van der Waals surface area contributed by atoms with Gasteiger partial charge < -0.3 is 14.6 Å². The maximum atomic E-state index is 10.3. The molecule has 0 radical (unpaired) electrons. The van der Waals surface area contributed by atoms with Crippen LogP contribution in [-0.2, 0) is 0 Å². The van der Waals surface area contributed by atoms with Gasteiger partial charge in [0.15, 0.2) is 0 Å². The molecule has 0 saturated carbocycles. The van der Waals surface area contributed by atoms with Gasteiger partial charge in [0.2, 0.25) is 0 Å². The van der Waals surface area contributed by atoms with Crippen LogP contribution in [0.5, 0.6) is 11.5 Å². The fraction of sp³-hybridized carbons (Fsp3) is 0.250. The minimum absolute atomic E-state index is 0.165. The van der Waals surface area contributed by atoms with Gasteiger partial charge in [-0.2, -0.15) is 0 Å². The number of methoxy groups -OCH3 is 1. The van der Waals surface area contributed by atoms with E-state index in [-0.39, 0.29) is 6.10 Å². The summed E-state index contributed by atoms with van der Waals surface area (Å²) in [6.07, 6.45) is -0.133. The molecule has 1 N–H and O–H groups in total. The Labute approximate surface area is 126 Å². The fourth-order valence-electron chi connectivity index (χ4n) is 2.46. The molecule has 20 heavy (non-hydrogen) atoms. The largest absolute Gasteiger partial charge is 0.497 e. The molecule has 1 aliphatic rings. The Balaban J connectivity index is 1.94. The summed E-state index contributed by atoms with van der Waals surface area (Å²) in [7, 11) is 1.64. The van der Waals surface area contributed by atoms with Crippen LogP contribution in [0.4, 0.5) is 0 Å². The molecule has 2 unspecified atom stereocenters. The molecular weight excluding hydrogens is 320 g/mol. The van der Waals surface area contributed by atoms with Gasteiger partial charge in [-0.15, -0.1) is 0 Å². The number of benzene rings is 2. The lowest BCUT2D eigenvalue weighted by Crippen LogP contribution is -2.19. The van der Waals surface area contributed by atoms with Crippen LogP contribution in [0, 0.1) is 0 Å². The van der Waals surface area contributed by atoms with E-state index >= 15 is 0 Å². The van der Waals surface area contributed by atoms with Gasteiger partial charge in [-0.3, -0.25) is 0 Å². The van der Waals surface area contributed by atoms with Crippen molar-refractivity contribution in [1.82, 2.24) is 0 Å². The van der Waals surface area contributed by atoms with E-state index in [9.17, 15) is 5.11 Å². The molecular formula is C16H15BrO3. The van der Waals surface area contributed by atoms with E-state index in [0.29, 0.717) is 6.42 Å². The molecule has 2 atom stereocenters. The normalized spacial score (nSPS) is 20.9. The number of fused-ring (bicyclic) bond motifs is 1. The zero-order valence-electron chi connectivity index (χ0n) is 11.0. The van der Waals surface area contributed by atoms with Crippen molar-refractivity contribution in [1.29, 1.82) is 0 Å². The molecule has 0 aliphatic carbocycles. The average Bonchev–Trinajstić information content (AvgIpc) is 2.46. The first kappa shape index (κ1) is 13.5. The summed E-state index contributed by atoms with van der Waals surface area (Å²) in [6.45, 7) is 0. The predicted octanol–water partition coefficient (Wildman–Crippen LogP) is 4.01. The summed E-state index contributed by atoms with van der Waals surface area (Å²) in [5.41, 5.74) is 1.85. The first-order valence-corrected chi connectivity index (χ1v) is 7.25. The van der Waals surface area contributed by atoms with Gasteiger partial charge in [0, 0.05) is 16.5 Å². The second-order valence-corrected chi connectivity index (χ2v) is 5.73. The lowest BCUT2D eigenvalue weighted by Gasteiger charge is -2.30. The molecule has 0 aromatic heterocycles. The lowest BCUT2D eigenvalue weighted by molar-refractivity contribution is 0.0656. The Kier molecular flexibility index (Phi) is 3.68. The summed E-state index contributed by atoms with van der Waals surface area (Å²) in [6, 6.07) is 13.5. The molecule has 0 saturated heterocycles. The van der Waals surface area contributed by atoms with Gasteiger partial charge in [0.05, 0.1) is 13.2 Å². The van der Waals surface area contributed by atoms with Gasteiger partial charge in [-0.1, -0.05) is 34.1 Å². The van der Waals surface area contributed by atoms with Gasteiger partial charge >= 0.3 is 0 Å². The van der Waals surface area contributed by atoms with Gasteiger partial charge in [0.1, 0.15) is 17.6 Å². The van der Waals surface area contributed by atoms with Crippen LogP contribution in [0.25, 0.3) is 0 Å². The molecule has 0 amide bonds. The third-order valence-corrected chi connectivity index (χ3v) is 4.00. The third-order valence-electron chi connectivity index (χ3n) is 3.51. The van der Waals surface area contributed by atoms with Crippen molar-refractivity contribution in [2.24, 2.45) is 0 Å². The van der Waals surface area contributed by atoms with Gasteiger partial charge in [-0.05, 0) is 29.8 Å². The molecule has 3 rings (SSSR count). The van der Waals surface area contributed by atoms with Crippen LogP contribution in [0.15, 0.2) is 46.9 Å². The molecule has 1 heterocycles. The topological polar surface area (TPSA) is 38.7 Å². The molecule has 3 nitrogen and oxygen atoms in total. The lowest BCUT2D eigenvalue weighted by atomic mass is 9.95. The summed E-state index contributed by atoms with van der Waals surface area (Å²) in [5.74, 6) is 1.52. The summed E-state index contributed by atoms with van der Waals surface area (Å²) in [4.78, 5) is 0. The van der Waals surface area contributed by atoms with Crippen molar-refractivity contribution in [3.63, 3.8) is 0 Å². The van der Waals surface area contributed by atoms with Crippen LogP contribution < -0.4 is 9.47 Å². The first-order valence-electron chi connectivity index (χ1n) is 6.45. The van der Waals surface area contributed by atoms with E-state index < -0.39 is 6.10 Å². The highest BCUT2D eigenvalue weighted by atomic mass is 79.9. The fourth-order valence-corrected chi connectivity index (χ4v) is 2.80. The van der Waals surface area contributed by atoms with E-state index in [1.807, 2.05) is 42.5 Å². The maximum Gasteiger partial charge on any atom is 0.127 e. The Morgan fingerprint density at radius 2 is 2.10 bits per heavy atom. The molecule has 104 valence electrons. The Morgan fingerprint density at radius 3 is 2.90 bits per heavy atom. The predicted molar refractivity (Wildman–Crippen MR) is 80.1 cm³/mol. The Bertz CT molecular complexity index is 627. The number of rotatable bonds is 2. The third kappa shape index (κ3) is 2.53. The van der Waals surface area contributed by atoms with Crippen molar-refractivity contribution in [2.75, 3.05) is 7.11 Å². The van der Waals surface area contributed by atoms with Crippen molar-refractivity contribution in [3.8, 4) is 11.5 Å². The smallest absolute Gasteiger partial charge is 0.127 e. The number of ether oxygens (including phenoxy) is 2. The molecule has 0 spiro atoms. The van der Waals surface area contributed by atoms with Crippen LogP contribution >= 0.6 is 15.9 Å². The second-order valence-electron chi connectivity index (χ2n) is 4.82. The molecule has 0 fully saturated rings. The van der Waals surface area contributed by atoms with E-state index in [0.717, 1.165) is 27.1 Å². The minimum Gasteiger partial charge on any atom is -0.497 e. The summed E-state index contributed by atoms with van der Waals surface area (Å²) >= 11 is 3.43. The SMILES string of the molecule is COc1cccc(C2CC(O)c3ccc(Br)cc3O2)c1. The van der Waals surface area contributed by atoms with E-state index in [1.54, 1.807) is 7.11 Å². The molecule has 2 aromatic rings. The highest BCUT2D eigenvalue weighted by Gasteiger charge is 2.28. The number of hydrogen-bond donors (Lipinski definition) is 1. The van der Waals surface area contributed by atoms with Crippen molar-refractivity contribution >= 4 is 15.9 Å². The van der Waals surface area contributed by atoms with Gasteiger partial charge in [-0.25, -0.2) is 0 Å². The molecule has 0 bridgehead atoms. The number of aliphatic hydroxyl groups excluding tert-OH is 1. The number of aliphatic hydroxyl groups is 1. The van der Waals surface area contributed by atoms with E-state index in [2.05, 4.69) is 15.9 Å². The number of halogens is 1. The van der Waals surface area contributed by atoms with Crippen molar-refractivity contribution in [3.05, 3.63) is 58.1 Å².